The smallest absolute Gasteiger partial charge is 0.0787 e. The van der Waals surface area contributed by atoms with E-state index in [1.165, 1.54) is 12.1 Å². The molecule has 1 aliphatic rings. The molecule has 1 aromatic carbocycles. The number of aliphatic hydroxyl groups excluding tert-OH is 1. The van der Waals surface area contributed by atoms with Crippen LogP contribution >= 0.6 is 0 Å². The van der Waals surface area contributed by atoms with Crippen molar-refractivity contribution in [3.05, 3.63) is 29.8 Å². The molecule has 2 unspecified atom stereocenters. The van der Waals surface area contributed by atoms with E-state index in [4.69, 9.17) is 4.74 Å². The number of anilines is 1. The largest absolute Gasteiger partial charge is 0.388 e. The number of hydrogen-bond acceptors (Lipinski definition) is 3. The maximum Gasteiger partial charge on any atom is 0.0787 e. The predicted octanol–water partition coefficient (Wildman–Crippen LogP) is 2.60. The van der Waals surface area contributed by atoms with Gasteiger partial charge in [-0.1, -0.05) is 19.1 Å². The zero-order valence-electron chi connectivity index (χ0n) is 11.3. The lowest BCUT2D eigenvalue weighted by molar-refractivity contribution is 0.161. The Balaban J connectivity index is 1.98. The van der Waals surface area contributed by atoms with Crippen molar-refractivity contribution in [1.82, 2.24) is 0 Å². The average molecular weight is 249 g/mol. The Morgan fingerprint density at radius 2 is 2.11 bits per heavy atom. The normalized spacial score (nSPS) is 21.3. The third kappa shape index (κ3) is 3.03. The summed E-state index contributed by atoms with van der Waals surface area (Å²) in [6.45, 7) is 5.02. The van der Waals surface area contributed by atoms with Crippen LogP contribution in [0.25, 0.3) is 0 Å². The summed E-state index contributed by atoms with van der Waals surface area (Å²) >= 11 is 0. The van der Waals surface area contributed by atoms with E-state index >= 15 is 0 Å². The van der Waals surface area contributed by atoms with E-state index in [0.29, 0.717) is 5.92 Å². The number of ether oxygens (including phenoxy) is 1. The summed E-state index contributed by atoms with van der Waals surface area (Å²) in [4.78, 5) is 2.39. The van der Waals surface area contributed by atoms with Gasteiger partial charge in [0.05, 0.1) is 12.7 Å². The van der Waals surface area contributed by atoms with E-state index < -0.39 is 0 Å². The van der Waals surface area contributed by atoms with Gasteiger partial charge in [-0.05, 0) is 30.5 Å². The molecule has 1 fully saturated rings. The maximum atomic E-state index is 9.77. The van der Waals surface area contributed by atoms with Crippen LogP contribution in [0.4, 0.5) is 5.69 Å². The number of rotatable bonds is 5. The Morgan fingerprint density at radius 3 is 2.72 bits per heavy atom. The summed E-state index contributed by atoms with van der Waals surface area (Å²) in [5, 5.41) is 9.77. The lowest BCUT2D eigenvalue weighted by Gasteiger charge is -2.19. The maximum absolute atomic E-state index is 9.77. The van der Waals surface area contributed by atoms with Gasteiger partial charge in [0.15, 0.2) is 0 Å². The van der Waals surface area contributed by atoms with Crippen molar-refractivity contribution in [3.63, 3.8) is 0 Å². The average Bonchev–Trinajstić information content (AvgIpc) is 2.87. The summed E-state index contributed by atoms with van der Waals surface area (Å²) in [6.07, 6.45) is 1.63. The first-order valence-electron chi connectivity index (χ1n) is 6.76. The second-order valence-electron chi connectivity index (χ2n) is 5.07. The summed E-state index contributed by atoms with van der Waals surface area (Å²) < 4.78 is 5.22. The van der Waals surface area contributed by atoms with Gasteiger partial charge < -0.3 is 14.7 Å². The van der Waals surface area contributed by atoms with Crippen molar-refractivity contribution < 1.29 is 9.84 Å². The zero-order chi connectivity index (χ0) is 13.0. The second kappa shape index (κ2) is 6.21. The Hall–Kier alpha value is -1.06. The highest BCUT2D eigenvalue weighted by molar-refractivity contribution is 5.48. The van der Waals surface area contributed by atoms with Crippen molar-refractivity contribution in [3.8, 4) is 0 Å². The number of hydrogen-bond donors (Lipinski definition) is 1. The zero-order valence-corrected chi connectivity index (χ0v) is 11.3. The van der Waals surface area contributed by atoms with Gasteiger partial charge >= 0.3 is 0 Å². The molecule has 100 valence electrons. The minimum absolute atomic E-state index is 0.334. The molecule has 3 nitrogen and oxygen atoms in total. The Kier molecular flexibility index (Phi) is 4.61. The van der Waals surface area contributed by atoms with Gasteiger partial charge in [0.25, 0.3) is 0 Å². The SMILES string of the molecule is CCC(O)c1ccc(N2CCC(COC)C2)cc1. The van der Waals surface area contributed by atoms with Gasteiger partial charge in [0.2, 0.25) is 0 Å². The molecule has 0 amide bonds. The van der Waals surface area contributed by atoms with Crippen LogP contribution in [0.2, 0.25) is 0 Å². The third-order valence-electron chi connectivity index (χ3n) is 3.72. The molecule has 0 saturated carbocycles. The Labute approximate surface area is 109 Å². The van der Waals surface area contributed by atoms with Crippen molar-refractivity contribution in [2.75, 3.05) is 31.7 Å². The number of nitrogens with zero attached hydrogens (tertiary/aromatic N) is 1. The van der Waals surface area contributed by atoms with Crippen LogP contribution in [0.15, 0.2) is 24.3 Å². The molecule has 1 aromatic rings. The van der Waals surface area contributed by atoms with Crippen LogP contribution in [0.3, 0.4) is 0 Å². The third-order valence-corrected chi connectivity index (χ3v) is 3.72. The van der Waals surface area contributed by atoms with Gasteiger partial charge in [0.1, 0.15) is 0 Å². The minimum Gasteiger partial charge on any atom is -0.388 e. The standard InChI is InChI=1S/C15H23NO2/c1-3-15(17)13-4-6-14(7-5-13)16-9-8-12(10-16)11-18-2/h4-7,12,15,17H,3,8-11H2,1-2H3. The monoisotopic (exact) mass is 249 g/mol. The van der Waals surface area contributed by atoms with E-state index in [-0.39, 0.29) is 6.10 Å². The molecule has 2 rings (SSSR count). The van der Waals surface area contributed by atoms with Crippen LogP contribution in [-0.2, 0) is 4.74 Å². The molecule has 0 aromatic heterocycles. The van der Waals surface area contributed by atoms with E-state index in [0.717, 1.165) is 31.7 Å². The fourth-order valence-electron chi connectivity index (χ4n) is 2.58. The second-order valence-corrected chi connectivity index (χ2v) is 5.07. The first kappa shape index (κ1) is 13.4. The minimum atomic E-state index is -0.334. The first-order chi connectivity index (χ1) is 8.74. The topological polar surface area (TPSA) is 32.7 Å². The molecular weight excluding hydrogens is 226 g/mol. The van der Waals surface area contributed by atoms with Crippen molar-refractivity contribution in [2.45, 2.75) is 25.9 Å². The molecule has 1 heterocycles. The van der Waals surface area contributed by atoms with E-state index in [2.05, 4.69) is 17.0 Å². The molecule has 2 atom stereocenters. The highest BCUT2D eigenvalue weighted by atomic mass is 16.5. The Bertz CT molecular complexity index is 363. The Morgan fingerprint density at radius 1 is 1.39 bits per heavy atom. The van der Waals surface area contributed by atoms with Crippen LogP contribution in [-0.4, -0.2) is 31.9 Å². The predicted molar refractivity (Wildman–Crippen MR) is 73.9 cm³/mol. The van der Waals surface area contributed by atoms with Gasteiger partial charge in [-0.2, -0.15) is 0 Å². The quantitative estimate of drug-likeness (QED) is 0.870. The van der Waals surface area contributed by atoms with Gasteiger partial charge in [0, 0.05) is 31.8 Å². The highest BCUT2D eigenvalue weighted by Crippen LogP contribution is 2.26. The van der Waals surface area contributed by atoms with Gasteiger partial charge in [-0.3, -0.25) is 0 Å². The van der Waals surface area contributed by atoms with Crippen LogP contribution in [0, 0.1) is 5.92 Å². The lowest BCUT2D eigenvalue weighted by atomic mass is 10.1. The van der Waals surface area contributed by atoms with Crippen LogP contribution in [0.1, 0.15) is 31.4 Å². The van der Waals surface area contributed by atoms with E-state index in [9.17, 15) is 5.11 Å². The molecule has 0 radical (unpaired) electrons. The number of aliphatic hydroxyl groups is 1. The fourth-order valence-corrected chi connectivity index (χ4v) is 2.58. The van der Waals surface area contributed by atoms with Gasteiger partial charge in [-0.25, -0.2) is 0 Å². The number of benzene rings is 1. The number of methoxy groups -OCH3 is 1. The molecule has 3 heteroatoms. The summed E-state index contributed by atoms with van der Waals surface area (Å²) in [7, 11) is 1.77. The molecule has 0 spiro atoms. The van der Waals surface area contributed by atoms with E-state index in [1.54, 1.807) is 7.11 Å². The summed E-state index contributed by atoms with van der Waals surface area (Å²) in [6, 6.07) is 8.30. The first-order valence-corrected chi connectivity index (χ1v) is 6.76. The van der Waals surface area contributed by atoms with Crippen molar-refractivity contribution >= 4 is 5.69 Å². The molecule has 1 saturated heterocycles. The van der Waals surface area contributed by atoms with E-state index in [1.807, 2.05) is 19.1 Å². The molecule has 1 N–H and O–H groups in total. The molecule has 18 heavy (non-hydrogen) atoms. The van der Waals surface area contributed by atoms with Crippen LogP contribution < -0.4 is 4.90 Å². The molecule has 0 aliphatic carbocycles. The lowest BCUT2D eigenvalue weighted by Crippen LogP contribution is -2.20. The summed E-state index contributed by atoms with van der Waals surface area (Å²) in [5.74, 6) is 0.649. The fraction of sp³-hybridized carbons (Fsp3) is 0.600. The van der Waals surface area contributed by atoms with Crippen molar-refractivity contribution in [1.29, 1.82) is 0 Å². The molecular formula is C15H23NO2. The van der Waals surface area contributed by atoms with Crippen molar-refractivity contribution in [2.24, 2.45) is 5.92 Å². The molecule has 1 aliphatic heterocycles. The highest BCUT2D eigenvalue weighted by Gasteiger charge is 2.22. The molecule has 0 bridgehead atoms. The summed E-state index contributed by atoms with van der Waals surface area (Å²) in [5.41, 5.74) is 2.26. The van der Waals surface area contributed by atoms with Crippen LogP contribution in [0.5, 0.6) is 0 Å². The van der Waals surface area contributed by atoms with Gasteiger partial charge in [-0.15, -0.1) is 0 Å².